The normalized spacial score (nSPS) is 8.42. The van der Waals surface area contributed by atoms with Gasteiger partial charge in [0.15, 0.2) is 0 Å². The number of hydrogen-bond donors (Lipinski definition) is 0. The van der Waals surface area contributed by atoms with Crippen molar-refractivity contribution >= 4 is 12.2 Å². The summed E-state index contributed by atoms with van der Waals surface area (Å²) in [7, 11) is 0. The number of allylic oxidation sites excluding steroid dienone is 1. The molecule has 0 unspecified atom stereocenters. The molecule has 0 saturated heterocycles. The number of benzene rings is 1. The summed E-state index contributed by atoms with van der Waals surface area (Å²) in [5.41, 5.74) is 5.34. The van der Waals surface area contributed by atoms with Gasteiger partial charge in [0.05, 0.1) is 0 Å². The summed E-state index contributed by atoms with van der Waals surface area (Å²) in [4.78, 5) is 0. The van der Waals surface area contributed by atoms with Crippen molar-refractivity contribution in [3.8, 4) is 0 Å². The molecule has 0 aliphatic heterocycles. The zero-order valence-electron chi connectivity index (χ0n) is 7.25. The summed E-state index contributed by atoms with van der Waals surface area (Å²) in [6.45, 7) is 5.69. The van der Waals surface area contributed by atoms with Crippen LogP contribution in [0, 0.1) is 0 Å². The highest BCUT2D eigenvalue weighted by Crippen LogP contribution is 2.10. The third kappa shape index (κ3) is 1.98. The average Bonchev–Trinajstić information content (AvgIpc) is 2.15. The van der Waals surface area contributed by atoms with Crippen molar-refractivity contribution in [3.63, 3.8) is 0 Å². The van der Waals surface area contributed by atoms with Gasteiger partial charge in [0, 0.05) is 0 Å². The van der Waals surface area contributed by atoms with E-state index in [1.54, 1.807) is 0 Å². The van der Waals surface area contributed by atoms with E-state index in [0.29, 0.717) is 0 Å². The predicted octanol–water partition coefficient (Wildman–Crippen LogP) is 3.52. The van der Waals surface area contributed by atoms with E-state index < -0.39 is 0 Å². The molecule has 1 aromatic rings. The summed E-state index contributed by atoms with van der Waals surface area (Å²) in [6.07, 6.45) is 5.69. The Labute approximate surface area is 73.6 Å². The molecule has 0 aliphatic carbocycles. The SMILES string of the molecule is C=Cc1ccccc1C=C=CC. The highest BCUT2D eigenvalue weighted by molar-refractivity contribution is 5.63. The van der Waals surface area contributed by atoms with E-state index in [0.717, 1.165) is 11.1 Å². The Morgan fingerprint density at radius 3 is 2.50 bits per heavy atom. The fraction of sp³-hybridized carbons (Fsp3) is 0.0833. The van der Waals surface area contributed by atoms with E-state index in [-0.39, 0.29) is 0 Å². The molecule has 1 aromatic carbocycles. The van der Waals surface area contributed by atoms with Crippen molar-refractivity contribution in [1.29, 1.82) is 0 Å². The van der Waals surface area contributed by atoms with Gasteiger partial charge < -0.3 is 0 Å². The van der Waals surface area contributed by atoms with E-state index in [4.69, 9.17) is 0 Å². The molecule has 0 heteroatoms. The van der Waals surface area contributed by atoms with Gasteiger partial charge in [0.2, 0.25) is 0 Å². The Hall–Kier alpha value is -1.52. The van der Waals surface area contributed by atoms with E-state index in [1.807, 2.05) is 49.4 Å². The fourth-order valence-electron chi connectivity index (χ4n) is 1.00. The molecule has 0 spiro atoms. The minimum atomic E-state index is 1.15. The van der Waals surface area contributed by atoms with E-state index >= 15 is 0 Å². The smallest absolute Gasteiger partial charge is 0.0107 e. The van der Waals surface area contributed by atoms with Gasteiger partial charge in [-0.25, -0.2) is 0 Å². The van der Waals surface area contributed by atoms with Crippen LogP contribution in [0.4, 0.5) is 0 Å². The minimum absolute atomic E-state index is 1.15. The minimum Gasteiger partial charge on any atom is -0.125 e. The van der Waals surface area contributed by atoms with Crippen LogP contribution in [0.3, 0.4) is 0 Å². The maximum absolute atomic E-state index is 3.74. The predicted molar refractivity (Wildman–Crippen MR) is 54.8 cm³/mol. The Morgan fingerprint density at radius 2 is 1.92 bits per heavy atom. The highest BCUT2D eigenvalue weighted by Gasteiger charge is 1.90. The maximum atomic E-state index is 3.74. The quantitative estimate of drug-likeness (QED) is 0.575. The van der Waals surface area contributed by atoms with E-state index in [2.05, 4.69) is 12.3 Å². The molecule has 0 nitrogen and oxygen atoms in total. The topological polar surface area (TPSA) is 0 Å². The van der Waals surface area contributed by atoms with Gasteiger partial charge in [0.25, 0.3) is 0 Å². The Morgan fingerprint density at radius 1 is 1.25 bits per heavy atom. The lowest BCUT2D eigenvalue weighted by molar-refractivity contribution is 1.61. The zero-order valence-corrected chi connectivity index (χ0v) is 7.25. The zero-order chi connectivity index (χ0) is 8.81. The summed E-state index contributed by atoms with van der Waals surface area (Å²) in [5, 5.41) is 0. The molecule has 12 heavy (non-hydrogen) atoms. The Kier molecular flexibility index (Phi) is 3.13. The molecule has 0 heterocycles. The monoisotopic (exact) mass is 156 g/mol. The molecule has 1 rings (SSSR count). The van der Waals surface area contributed by atoms with E-state index in [9.17, 15) is 0 Å². The summed E-state index contributed by atoms with van der Waals surface area (Å²) in [6, 6.07) is 8.10. The van der Waals surface area contributed by atoms with Gasteiger partial charge in [0.1, 0.15) is 0 Å². The molecule has 0 amide bonds. The molecular formula is C12H12. The van der Waals surface area contributed by atoms with Gasteiger partial charge in [-0.15, -0.1) is 5.73 Å². The number of rotatable bonds is 2. The summed E-state index contributed by atoms with van der Waals surface area (Å²) in [5.74, 6) is 0. The first-order chi connectivity index (χ1) is 5.88. The second kappa shape index (κ2) is 4.38. The molecule has 0 radical (unpaired) electrons. The Balaban J connectivity index is 3.13. The summed E-state index contributed by atoms with van der Waals surface area (Å²) < 4.78 is 0. The Bertz CT molecular complexity index is 326. The fourth-order valence-corrected chi connectivity index (χ4v) is 1.00. The molecule has 0 fully saturated rings. The van der Waals surface area contributed by atoms with Crippen molar-refractivity contribution in [2.45, 2.75) is 6.92 Å². The first-order valence-corrected chi connectivity index (χ1v) is 3.97. The van der Waals surface area contributed by atoms with Gasteiger partial charge in [-0.05, 0) is 30.2 Å². The highest BCUT2D eigenvalue weighted by atomic mass is 13.9. The van der Waals surface area contributed by atoms with Crippen LogP contribution in [0.1, 0.15) is 18.1 Å². The molecule has 60 valence electrons. The maximum Gasteiger partial charge on any atom is -0.0107 e. The summed E-state index contributed by atoms with van der Waals surface area (Å²) >= 11 is 0. The molecule has 0 bridgehead atoms. The van der Waals surface area contributed by atoms with Crippen molar-refractivity contribution in [2.24, 2.45) is 0 Å². The molecule has 0 N–H and O–H groups in total. The van der Waals surface area contributed by atoms with Crippen LogP contribution >= 0.6 is 0 Å². The van der Waals surface area contributed by atoms with Crippen LogP contribution in [-0.2, 0) is 0 Å². The lowest BCUT2D eigenvalue weighted by atomic mass is 10.1. The van der Waals surface area contributed by atoms with Crippen LogP contribution < -0.4 is 0 Å². The van der Waals surface area contributed by atoms with Crippen LogP contribution in [-0.4, -0.2) is 0 Å². The van der Waals surface area contributed by atoms with Gasteiger partial charge >= 0.3 is 0 Å². The van der Waals surface area contributed by atoms with Crippen LogP contribution in [0.5, 0.6) is 0 Å². The van der Waals surface area contributed by atoms with Crippen molar-refractivity contribution in [2.75, 3.05) is 0 Å². The van der Waals surface area contributed by atoms with Crippen LogP contribution in [0.25, 0.3) is 12.2 Å². The van der Waals surface area contributed by atoms with Gasteiger partial charge in [-0.1, -0.05) is 36.9 Å². The lowest BCUT2D eigenvalue weighted by Crippen LogP contribution is -1.76. The van der Waals surface area contributed by atoms with E-state index in [1.165, 1.54) is 0 Å². The first-order valence-electron chi connectivity index (χ1n) is 3.97. The van der Waals surface area contributed by atoms with Crippen molar-refractivity contribution in [1.82, 2.24) is 0 Å². The lowest BCUT2D eigenvalue weighted by Gasteiger charge is -1.96. The van der Waals surface area contributed by atoms with Crippen molar-refractivity contribution < 1.29 is 0 Å². The second-order valence-corrected chi connectivity index (χ2v) is 2.43. The average molecular weight is 156 g/mol. The molecule has 0 aliphatic rings. The third-order valence-corrected chi connectivity index (χ3v) is 1.62. The standard InChI is InChI=1S/C12H12/c1-3-5-8-12-10-7-6-9-11(12)4-2/h3-4,6-10H,2H2,1H3. The third-order valence-electron chi connectivity index (χ3n) is 1.62. The molecule has 0 atom stereocenters. The molecule has 0 saturated carbocycles. The second-order valence-electron chi connectivity index (χ2n) is 2.43. The van der Waals surface area contributed by atoms with Gasteiger partial charge in [-0.2, -0.15) is 0 Å². The first kappa shape index (κ1) is 8.58. The number of hydrogen-bond acceptors (Lipinski definition) is 0. The van der Waals surface area contributed by atoms with Crippen molar-refractivity contribution in [3.05, 3.63) is 53.8 Å². The largest absolute Gasteiger partial charge is 0.125 e. The van der Waals surface area contributed by atoms with Crippen LogP contribution in [0.15, 0.2) is 42.7 Å². The van der Waals surface area contributed by atoms with Crippen LogP contribution in [0.2, 0.25) is 0 Å². The molecule has 0 aromatic heterocycles. The van der Waals surface area contributed by atoms with Gasteiger partial charge in [-0.3, -0.25) is 0 Å². The molecular weight excluding hydrogens is 144 g/mol.